The smallest absolute Gasteiger partial charge is 0.292 e. The SMILES string of the molecule is COC=O.NCCCCCNC(=O)c1ccc2c(c1)C(=O)c1ccc(Nc3ccccc3N)cc1CC2. The zero-order valence-corrected chi connectivity index (χ0v) is 21.1. The van der Waals surface area contributed by atoms with Gasteiger partial charge in [-0.3, -0.25) is 14.4 Å². The number of anilines is 3. The maximum atomic E-state index is 13.4. The summed E-state index contributed by atoms with van der Waals surface area (Å²) < 4.78 is 3.86. The molecule has 1 aliphatic carbocycles. The van der Waals surface area contributed by atoms with Crippen LogP contribution in [0.4, 0.5) is 17.1 Å². The number of carbonyl (C=O) groups is 3. The van der Waals surface area contributed by atoms with Crippen LogP contribution in [0.2, 0.25) is 0 Å². The summed E-state index contributed by atoms with van der Waals surface area (Å²) in [4.78, 5) is 34.9. The van der Waals surface area contributed by atoms with Gasteiger partial charge in [-0.2, -0.15) is 0 Å². The molecule has 0 spiro atoms. The normalized spacial score (nSPS) is 11.7. The van der Waals surface area contributed by atoms with E-state index in [2.05, 4.69) is 15.4 Å². The molecule has 0 aliphatic heterocycles. The fourth-order valence-corrected chi connectivity index (χ4v) is 4.18. The van der Waals surface area contributed by atoms with Gasteiger partial charge >= 0.3 is 0 Å². The Morgan fingerprint density at radius 3 is 2.46 bits per heavy atom. The second-order valence-electron chi connectivity index (χ2n) is 8.72. The van der Waals surface area contributed by atoms with Gasteiger partial charge in [-0.05, 0) is 85.8 Å². The molecule has 1 amide bonds. The molecule has 0 fully saturated rings. The summed E-state index contributed by atoms with van der Waals surface area (Å²) in [6, 6.07) is 18.8. The fourth-order valence-electron chi connectivity index (χ4n) is 4.18. The first-order valence-corrected chi connectivity index (χ1v) is 12.3. The van der Waals surface area contributed by atoms with Crippen LogP contribution in [0, 0.1) is 0 Å². The first-order valence-electron chi connectivity index (χ1n) is 12.3. The van der Waals surface area contributed by atoms with Crippen molar-refractivity contribution >= 4 is 35.2 Å². The molecule has 8 heteroatoms. The van der Waals surface area contributed by atoms with Crippen LogP contribution in [-0.4, -0.2) is 38.4 Å². The van der Waals surface area contributed by atoms with Gasteiger partial charge < -0.3 is 26.8 Å². The Labute approximate surface area is 217 Å². The third-order valence-corrected chi connectivity index (χ3v) is 6.13. The quantitative estimate of drug-likeness (QED) is 0.197. The highest BCUT2D eigenvalue weighted by Gasteiger charge is 2.23. The van der Waals surface area contributed by atoms with E-state index in [0.29, 0.717) is 41.9 Å². The van der Waals surface area contributed by atoms with Gasteiger partial charge in [0.2, 0.25) is 0 Å². The monoisotopic (exact) mass is 502 g/mol. The third-order valence-electron chi connectivity index (χ3n) is 6.13. The summed E-state index contributed by atoms with van der Waals surface area (Å²) >= 11 is 0. The van der Waals surface area contributed by atoms with Crippen molar-refractivity contribution in [1.82, 2.24) is 5.32 Å². The lowest BCUT2D eigenvalue weighted by molar-refractivity contribution is -0.126. The van der Waals surface area contributed by atoms with Gasteiger partial charge in [0, 0.05) is 28.9 Å². The number of amides is 1. The number of unbranched alkanes of at least 4 members (excludes halogenated alkanes) is 2. The summed E-state index contributed by atoms with van der Waals surface area (Å²) in [7, 11) is 1.31. The minimum Gasteiger partial charge on any atom is -0.471 e. The average Bonchev–Trinajstić information content (AvgIpc) is 3.05. The van der Waals surface area contributed by atoms with Crippen LogP contribution >= 0.6 is 0 Å². The number of nitrogens with one attached hydrogen (secondary N) is 2. The highest BCUT2D eigenvalue weighted by atomic mass is 16.5. The molecule has 3 aromatic rings. The van der Waals surface area contributed by atoms with Crippen LogP contribution in [0.1, 0.15) is 56.7 Å². The molecule has 8 nitrogen and oxygen atoms in total. The Morgan fingerprint density at radius 2 is 1.73 bits per heavy atom. The second kappa shape index (κ2) is 13.8. The molecule has 4 rings (SSSR count). The molecule has 0 bridgehead atoms. The van der Waals surface area contributed by atoms with Crippen LogP contribution in [0.3, 0.4) is 0 Å². The number of benzene rings is 3. The topological polar surface area (TPSA) is 137 Å². The van der Waals surface area contributed by atoms with Crippen molar-refractivity contribution in [3.8, 4) is 0 Å². The molecule has 0 heterocycles. The summed E-state index contributed by atoms with van der Waals surface area (Å²) in [5, 5.41) is 6.28. The Bertz CT molecular complexity index is 1240. The van der Waals surface area contributed by atoms with Gasteiger partial charge in [0.15, 0.2) is 5.78 Å². The number of ether oxygens (including phenoxy) is 1. The predicted molar refractivity (Wildman–Crippen MR) is 146 cm³/mol. The van der Waals surface area contributed by atoms with E-state index in [9.17, 15) is 9.59 Å². The number of fused-ring (bicyclic) bond motifs is 2. The fraction of sp³-hybridized carbons (Fsp3) is 0.276. The summed E-state index contributed by atoms with van der Waals surface area (Å²) in [5.74, 6) is -0.191. The third kappa shape index (κ3) is 7.41. The molecule has 0 unspecified atom stereocenters. The van der Waals surface area contributed by atoms with E-state index in [0.717, 1.165) is 54.6 Å². The summed E-state index contributed by atoms with van der Waals surface area (Å²) in [5.41, 5.74) is 17.7. The molecule has 0 saturated heterocycles. The molecule has 1 aliphatic rings. The van der Waals surface area contributed by atoms with E-state index >= 15 is 0 Å². The number of ketones is 1. The second-order valence-corrected chi connectivity index (χ2v) is 8.72. The minimum atomic E-state index is -0.150. The van der Waals surface area contributed by atoms with Gasteiger partial charge in [-0.25, -0.2) is 0 Å². The van der Waals surface area contributed by atoms with Crippen molar-refractivity contribution in [2.24, 2.45) is 5.73 Å². The lowest BCUT2D eigenvalue weighted by Gasteiger charge is -2.12. The summed E-state index contributed by atoms with van der Waals surface area (Å²) in [6.07, 6.45) is 4.33. The van der Waals surface area contributed by atoms with Crippen molar-refractivity contribution in [2.75, 3.05) is 31.2 Å². The van der Waals surface area contributed by atoms with E-state index in [1.54, 1.807) is 6.07 Å². The van der Waals surface area contributed by atoms with Crippen molar-refractivity contribution in [3.05, 3.63) is 88.5 Å². The van der Waals surface area contributed by atoms with Gasteiger partial charge in [0.1, 0.15) is 0 Å². The number of nitrogen functional groups attached to an aromatic ring is 1. The van der Waals surface area contributed by atoms with Gasteiger partial charge in [-0.15, -0.1) is 0 Å². The highest BCUT2D eigenvalue weighted by Crippen LogP contribution is 2.29. The number of methoxy groups -OCH3 is 1. The molecular weight excluding hydrogens is 468 g/mol. The van der Waals surface area contributed by atoms with Gasteiger partial charge in [0.25, 0.3) is 12.4 Å². The Balaban J connectivity index is 0.000000886. The number of carbonyl (C=O) groups excluding carboxylic acids is 3. The predicted octanol–water partition coefficient (Wildman–Crippen LogP) is 3.99. The van der Waals surface area contributed by atoms with E-state index in [-0.39, 0.29) is 11.7 Å². The molecular formula is C29H34N4O4. The number of nitrogens with two attached hydrogens (primary N) is 2. The Hall–Kier alpha value is -4.17. The van der Waals surface area contributed by atoms with Crippen molar-refractivity contribution in [1.29, 1.82) is 0 Å². The van der Waals surface area contributed by atoms with Crippen LogP contribution in [0.5, 0.6) is 0 Å². The standard InChI is InChI=1S/C27H30N4O2.C2H4O2/c28-14-4-1-5-15-30-27(33)20-11-9-18-8-10-19-16-21(31-25-7-3-2-6-24(25)29)12-13-22(19)26(32)23(18)17-20;1-4-2-3/h2-3,6-7,9,11-13,16-17,31H,1,4-5,8,10,14-15,28-29H2,(H,30,33);2H,1H3. The van der Waals surface area contributed by atoms with Gasteiger partial charge in [0.05, 0.1) is 18.5 Å². The molecule has 37 heavy (non-hydrogen) atoms. The van der Waals surface area contributed by atoms with E-state index < -0.39 is 0 Å². The van der Waals surface area contributed by atoms with Crippen LogP contribution in [0.25, 0.3) is 0 Å². The average molecular weight is 503 g/mol. The zero-order valence-electron chi connectivity index (χ0n) is 21.1. The lowest BCUT2D eigenvalue weighted by Crippen LogP contribution is -2.25. The van der Waals surface area contributed by atoms with Crippen LogP contribution < -0.4 is 22.1 Å². The largest absolute Gasteiger partial charge is 0.471 e. The molecule has 0 atom stereocenters. The number of rotatable bonds is 9. The minimum absolute atomic E-state index is 0.0409. The number of aryl methyl sites for hydroxylation is 2. The first kappa shape index (κ1) is 27.4. The summed E-state index contributed by atoms with van der Waals surface area (Å²) in [6.45, 7) is 1.65. The Morgan fingerprint density at radius 1 is 0.973 bits per heavy atom. The number of para-hydroxylation sites is 2. The Kier molecular flexibility index (Phi) is 10.2. The van der Waals surface area contributed by atoms with E-state index in [1.807, 2.05) is 54.6 Å². The molecule has 0 aromatic heterocycles. The molecule has 194 valence electrons. The molecule has 3 aromatic carbocycles. The van der Waals surface area contributed by atoms with Crippen LogP contribution in [0.15, 0.2) is 60.7 Å². The van der Waals surface area contributed by atoms with Crippen LogP contribution in [-0.2, 0) is 22.4 Å². The molecule has 0 saturated carbocycles. The number of hydrogen-bond acceptors (Lipinski definition) is 7. The van der Waals surface area contributed by atoms with Crippen molar-refractivity contribution in [3.63, 3.8) is 0 Å². The molecule has 6 N–H and O–H groups in total. The highest BCUT2D eigenvalue weighted by molar-refractivity contribution is 6.12. The maximum absolute atomic E-state index is 13.4. The number of hydrogen-bond donors (Lipinski definition) is 4. The van der Waals surface area contributed by atoms with E-state index in [4.69, 9.17) is 16.3 Å². The lowest BCUT2D eigenvalue weighted by atomic mass is 9.96. The van der Waals surface area contributed by atoms with Crippen molar-refractivity contribution in [2.45, 2.75) is 32.1 Å². The maximum Gasteiger partial charge on any atom is 0.292 e. The molecule has 0 radical (unpaired) electrons. The first-order chi connectivity index (χ1) is 18.0. The van der Waals surface area contributed by atoms with Crippen molar-refractivity contribution < 1.29 is 19.1 Å². The van der Waals surface area contributed by atoms with Gasteiger partial charge in [-0.1, -0.05) is 24.6 Å². The van der Waals surface area contributed by atoms with E-state index in [1.165, 1.54) is 7.11 Å². The zero-order chi connectivity index (χ0) is 26.6.